The van der Waals surface area contributed by atoms with Crippen molar-refractivity contribution in [2.24, 2.45) is 0 Å². The van der Waals surface area contributed by atoms with Crippen LogP contribution in [0.5, 0.6) is 0 Å². The number of fused-ring (bicyclic) bond motifs is 2. The number of aromatic carboxylic acids is 1. The summed E-state index contributed by atoms with van der Waals surface area (Å²) in [6.45, 7) is 0. The van der Waals surface area contributed by atoms with Gasteiger partial charge in [0.05, 0.1) is 10.5 Å². The maximum absolute atomic E-state index is 12.8. The van der Waals surface area contributed by atoms with Crippen molar-refractivity contribution >= 4 is 33.2 Å². The molecule has 0 aromatic heterocycles. The fourth-order valence-corrected chi connectivity index (χ4v) is 4.25. The van der Waals surface area contributed by atoms with Gasteiger partial charge in [-0.25, -0.2) is 13.2 Å². The van der Waals surface area contributed by atoms with Gasteiger partial charge in [0.1, 0.15) is 0 Å². The molecule has 0 atom stereocenters. The average Bonchev–Trinajstić information content (AvgIpc) is 2.71. The number of carbonyl (C=O) groups excluding carboxylic acids is 2. The molecule has 4 rings (SSSR count). The van der Waals surface area contributed by atoms with E-state index in [4.69, 9.17) is 5.11 Å². The summed E-state index contributed by atoms with van der Waals surface area (Å²) in [5.74, 6) is -1.97. The number of rotatable bonds is 4. The fraction of sp³-hybridized carbons (Fsp3) is 0. The summed E-state index contributed by atoms with van der Waals surface area (Å²) in [6, 6.07) is 15.4. The third-order valence-electron chi connectivity index (χ3n) is 4.57. The van der Waals surface area contributed by atoms with Gasteiger partial charge >= 0.3 is 5.97 Å². The van der Waals surface area contributed by atoms with Gasteiger partial charge in [-0.2, -0.15) is 0 Å². The van der Waals surface area contributed by atoms with Crippen LogP contribution in [0.15, 0.2) is 71.6 Å². The first-order valence-corrected chi connectivity index (χ1v) is 9.95. The van der Waals surface area contributed by atoms with Crippen molar-refractivity contribution in [3.63, 3.8) is 0 Å². The lowest BCUT2D eigenvalue weighted by Gasteiger charge is -2.18. The van der Waals surface area contributed by atoms with E-state index in [1.807, 2.05) is 0 Å². The van der Waals surface area contributed by atoms with Gasteiger partial charge in [0.25, 0.3) is 10.0 Å². The number of sulfonamides is 1. The zero-order valence-corrected chi connectivity index (χ0v) is 15.6. The highest BCUT2D eigenvalue weighted by Gasteiger charge is 2.30. The van der Waals surface area contributed by atoms with E-state index < -0.39 is 21.8 Å². The summed E-state index contributed by atoms with van der Waals surface area (Å²) in [6.07, 6.45) is 0. The van der Waals surface area contributed by atoms with E-state index in [9.17, 15) is 22.8 Å². The number of carbonyl (C=O) groups is 3. The van der Waals surface area contributed by atoms with Crippen molar-refractivity contribution in [2.45, 2.75) is 4.90 Å². The van der Waals surface area contributed by atoms with Gasteiger partial charge in [-0.05, 0) is 36.4 Å². The first-order valence-electron chi connectivity index (χ1n) is 8.46. The lowest BCUT2D eigenvalue weighted by molar-refractivity contribution is 0.0696. The van der Waals surface area contributed by atoms with Crippen LogP contribution in [0.1, 0.15) is 42.2 Å². The Morgan fingerprint density at radius 3 is 2.03 bits per heavy atom. The summed E-state index contributed by atoms with van der Waals surface area (Å²) in [7, 11) is -4.11. The van der Waals surface area contributed by atoms with Crippen LogP contribution in [0.4, 0.5) is 5.69 Å². The molecule has 8 heteroatoms. The molecule has 0 bridgehead atoms. The van der Waals surface area contributed by atoms with Gasteiger partial charge in [-0.1, -0.05) is 30.3 Å². The second-order valence-corrected chi connectivity index (χ2v) is 8.09. The van der Waals surface area contributed by atoms with E-state index in [0.29, 0.717) is 0 Å². The molecule has 7 nitrogen and oxygen atoms in total. The Labute approximate surface area is 165 Å². The highest BCUT2D eigenvalue weighted by atomic mass is 32.2. The maximum atomic E-state index is 12.8. The Hall–Kier alpha value is -3.78. The number of benzene rings is 3. The lowest BCUT2D eigenvalue weighted by Crippen LogP contribution is -2.22. The largest absolute Gasteiger partial charge is 0.478 e. The first-order chi connectivity index (χ1) is 13.8. The first kappa shape index (κ1) is 18.6. The summed E-state index contributed by atoms with van der Waals surface area (Å²) in [5.41, 5.74) is 0.644. The minimum atomic E-state index is -4.11. The van der Waals surface area contributed by atoms with Crippen LogP contribution in [0.2, 0.25) is 0 Å². The van der Waals surface area contributed by atoms with Gasteiger partial charge in [-0.15, -0.1) is 0 Å². The third-order valence-corrected chi connectivity index (χ3v) is 5.95. The number of nitrogens with one attached hydrogen (secondary N) is 1. The second-order valence-electron chi connectivity index (χ2n) is 6.40. The molecular formula is C21H13NO6S. The average molecular weight is 407 g/mol. The van der Waals surface area contributed by atoms with Gasteiger partial charge in [-0.3, -0.25) is 14.3 Å². The number of carboxylic acid groups (broad SMARTS) is 1. The van der Waals surface area contributed by atoms with Crippen molar-refractivity contribution in [3.8, 4) is 0 Å². The number of carboxylic acids is 1. The lowest BCUT2D eigenvalue weighted by atomic mass is 9.84. The molecule has 144 valence electrons. The molecule has 1 aliphatic carbocycles. The van der Waals surface area contributed by atoms with Crippen LogP contribution in [0.25, 0.3) is 0 Å². The molecule has 0 saturated carbocycles. The molecule has 0 fully saturated rings. The van der Waals surface area contributed by atoms with Crippen LogP contribution >= 0.6 is 0 Å². The van der Waals surface area contributed by atoms with E-state index in [0.717, 1.165) is 6.07 Å². The Bertz CT molecular complexity index is 1310. The Morgan fingerprint density at radius 1 is 0.759 bits per heavy atom. The Kier molecular flexibility index (Phi) is 4.28. The zero-order chi connectivity index (χ0) is 20.8. The summed E-state index contributed by atoms with van der Waals surface area (Å²) >= 11 is 0. The quantitative estimate of drug-likeness (QED) is 0.537. The fourth-order valence-electron chi connectivity index (χ4n) is 3.18. The molecule has 1 aliphatic rings. The molecule has 0 aliphatic heterocycles. The topological polar surface area (TPSA) is 118 Å². The molecule has 0 spiro atoms. The minimum absolute atomic E-state index is 0.0101. The molecule has 0 amide bonds. The number of anilines is 1. The highest BCUT2D eigenvalue weighted by Crippen LogP contribution is 2.29. The van der Waals surface area contributed by atoms with E-state index in [-0.39, 0.29) is 44.2 Å². The maximum Gasteiger partial charge on any atom is 0.335 e. The third kappa shape index (κ3) is 3.19. The van der Waals surface area contributed by atoms with E-state index in [1.165, 1.54) is 42.5 Å². The summed E-state index contributed by atoms with van der Waals surface area (Å²) in [5, 5.41) is 9.04. The van der Waals surface area contributed by atoms with E-state index in [1.54, 1.807) is 18.2 Å². The van der Waals surface area contributed by atoms with Crippen LogP contribution < -0.4 is 4.72 Å². The van der Waals surface area contributed by atoms with Crippen LogP contribution in [0, 0.1) is 0 Å². The van der Waals surface area contributed by atoms with Crippen LogP contribution in [-0.4, -0.2) is 31.1 Å². The second kappa shape index (κ2) is 6.68. The SMILES string of the molecule is O=C(O)c1cccc(NS(=O)(=O)c2ccc3c(c2)C(=O)c2ccccc2C3=O)c1. The minimum Gasteiger partial charge on any atom is -0.478 e. The van der Waals surface area contributed by atoms with Crippen molar-refractivity contribution in [1.82, 2.24) is 0 Å². The smallest absolute Gasteiger partial charge is 0.335 e. The van der Waals surface area contributed by atoms with Crippen molar-refractivity contribution in [3.05, 3.63) is 94.5 Å². The Balaban J connectivity index is 1.74. The Morgan fingerprint density at radius 2 is 1.38 bits per heavy atom. The predicted octanol–water partition coefficient (Wildman–Crippen LogP) is 2.96. The highest BCUT2D eigenvalue weighted by molar-refractivity contribution is 7.92. The molecule has 29 heavy (non-hydrogen) atoms. The van der Waals surface area contributed by atoms with Crippen LogP contribution in [0.3, 0.4) is 0 Å². The zero-order valence-electron chi connectivity index (χ0n) is 14.7. The molecule has 0 saturated heterocycles. The van der Waals surface area contributed by atoms with E-state index in [2.05, 4.69) is 4.72 Å². The normalized spacial score (nSPS) is 12.8. The van der Waals surface area contributed by atoms with Gasteiger partial charge < -0.3 is 5.11 Å². The summed E-state index contributed by atoms with van der Waals surface area (Å²) < 4.78 is 27.8. The molecule has 0 heterocycles. The molecular weight excluding hydrogens is 394 g/mol. The molecule has 3 aromatic rings. The molecule has 0 unspecified atom stereocenters. The van der Waals surface area contributed by atoms with Crippen molar-refractivity contribution in [2.75, 3.05) is 4.72 Å². The van der Waals surface area contributed by atoms with E-state index >= 15 is 0 Å². The van der Waals surface area contributed by atoms with Gasteiger partial charge in [0.15, 0.2) is 11.6 Å². The number of hydrogen-bond donors (Lipinski definition) is 2. The van der Waals surface area contributed by atoms with Crippen molar-refractivity contribution in [1.29, 1.82) is 0 Å². The molecule has 2 N–H and O–H groups in total. The molecule has 0 radical (unpaired) electrons. The number of hydrogen-bond acceptors (Lipinski definition) is 5. The van der Waals surface area contributed by atoms with Gasteiger partial charge in [0, 0.05) is 27.9 Å². The standard InChI is InChI=1S/C21H13NO6S/c23-19-15-6-1-2-7-16(15)20(24)18-11-14(8-9-17(18)19)29(27,28)22-13-5-3-4-12(10-13)21(25)26/h1-11,22H,(H,25,26). The monoisotopic (exact) mass is 407 g/mol. The van der Waals surface area contributed by atoms with Gasteiger partial charge in [0.2, 0.25) is 0 Å². The number of ketones is 2. The van der Waals surface area contributed by atoms with Crippen molar-refractivity contribution < 1.29 is 27.9 Å². The predicted molar refractivity (Wildman–Crippen MR) is 104 cm³/mol. The summed E-state index contributed by atoms with van der Waals surface area (Å²) in [4.78, 5) is 36.3. The molecule has 3 aromatic carbocycles. The van der Waals surface area contributed by atoms with Crippen LogP contribution in [-0.2, 0) is 10.0 Å².